The number of imidazole rings is 1. The van der Waals surface area contributed by atoms with Gasteiger partial charge in [-0.3, -0.25) is 0 Å². The van der Waals surface area contributed by atoms with Gasteiger partial charge in [0.2, 0.25) is 0 Å². The van der Waals surface area contributed by atoms with Crippen molar-refractivity contribution < 1.29 is 0 Å². The third kappa shape index (κ3) is 2.46. The molecule has 0 radical (unpaired) electrons. The monoisotopic (exact) mass is 294 g/mol. The fourth-order valence-corrected chi connectivity index (χ4v) is 3.72. The molecule has 2 atom stereocenters. The van der Waals surface area contributed by atoms with Crippen molar-refractivity contribution >= 4 is 34.9 Å². The van der Waals surface area contributed by atoms with Crippen LogP contribution in [0.25, 0.3) is 11.0 Å². The zero-order chi connectivity index (χ0) is 13.4. The molecule has 0 amide bonds. The first-order valence-corrected chi connectivity index (χ1v) is 7.82. The Bertz CT molecular complexity index is 643. The van der Waals surface area contributed by atoms with Gasteiger partial charge < -0.3 is 9.55 Å². The Balaban J connectivity index is 1.98. The fraction of sp³-hybridized carbons (Fsp3) is 0.533. The Morgan fingerprint density at radius 1 is 1.37 bits per heavy atom. The Morgan fingerprint density at radius 3 is 2.95 bits per heavy atom. The van der Waals surface area contributed by atoms with Crippen LogP contribution in [0.2, 0.25) is 5.02 Å². The average molecular weight is 295 g/mol. The van der Waals surface area contributed by atoms with E-state index in [-0.39, 0.29) is 0 Å². The van der Waals surface area contributed by atoms with Crippen LogP contribution in [0.15, 0.2) is 18.2 Å². The number of nitrogens with zero attached hydrogens (tertiary/aromatic N) is 1. The minimum atomic E-state index is 0.735. The molecule has 1 heterocycles. The topological polar surface area (TPSA) is 20.7 Å². The second kappa shape index (κ2) is 5.29. The molecule has 102 valence electrons. The number of halogens is 1. The number of fused-ring (bicyclic) bond motifs is 1. The molecule has 0 spiro atoms. The smallest absolute Gasteiger partial charge is 0.178 e. The number of H-pyrrole nitrogens is 1. The van der Waals surface area contributed by atoms with Gasteiger partial charge in [0.15, 0.2) is 4.77 Å². The normalized spacial score (nSPS) is 23.9. The number of benzene rings is 1. The zero-order valence-electron chi connectivity index (χ0n) is 11.2. The van der Waals surface area contributed by atoms with Crippen molar-refractivity contribution in [2.45, 2.75) is 39.2 Å². The molecule has 3 rings (SSSR count). The Labute approximate surface area is 123 Å². The summed E-state index contributed by atoms with van der Waals surface area (Å²) in [5.41, 5.74) is 2.10. The Hall–Kier alpha value is -0.800. The molecule has 1 aliphatic carbocycles. The van der Waals surface area contributed by atoms with Gasteiger partial charge in [0.1, 0.15) is 0 Å². The van der Waals surface area contributed by atoms with E-state index in [2.05, 4.69) is 22.5 Å². The van der Waals surface area contributed by atoms with E-state index < -0.39 is 0 Å². The van der Waals surface area contributed by atoms with Gasteiger partial charge in [-0.25, -0.2) is 0 Å². The van der Waals surface area contributed by atoms with Crippen molar-refractivity contribution in [3.8, 4) is 0 Å². The lowest BCUT2D eigenvalue weighted by molar-refractivity contribution is 0.230. The number of rotatable bonds is 2. The highest BCUT2D eigenvalue weighted by atomic mass is 35.5. The van der Waals surface area contributed by atoms with Gasteiger partial charge in [-0.1, -0.05) is 43.9 Å². The molecule has 2 unspecified atom stereocenters. The molecule has 1 aliphatic rings. The lowest BCUT2D eigenvalue weighted by Crippen LogP contribution is -2.22. The molecule has 1 saturated carbocycles. The van der Waals surface area contributed by atoms with Gasteiger partial charge in [0.05, 0.1) is 16.1 Å². The van der Waals surface area contributed by atoms with Gasteiger partial charge in [0.25, 0.3) is 0 Å². The summed E-state index contributed by atoms with van der Waals surface area (Å²) in [5.74, 6) is 1.53. The summed E-state index contributed by atoms with van der Waals surface area (Å²) in [4.78, 5) is 3.25. The van der Waals surface area contributed by atoms with Crippen molar-refractivity contribution in [3.63, 3.8) is 0 Å². The second-order valence-corrected chi connectivity index (χ2v) is 6.49. The van der Waals surface area contributed by atoms with E-state index in [1.54, 1.807) is 0 Å². The number of nitrogens with one attached hydrogen (secondary N) is 1. The molecule has 2 nitrogen and oxygen atoms in total. The highest BCUT2D eigenvalue weighted by Crippen LogP contribution is 2.32. The molecule has 4 heteroatoms. The number of aromatic amines is 1. The van der Waals surface area contributed by atoms with Crippen LogP contribution in [0, 0.1) is 16.6 Å². The van der Waals surface area contributed by atoms with Gasteiger partial charge in [-0.15, -0.1) is 0 Å². The van der Waals surface area contributed by atoms with Crippen LogP contribution in [-0.4, -0.2) is 9.55 Å². The maximum absolute atomic E-state index is 6.22. The standard InChI is InChI=1S/C15H19ClN2S/c1-10-5-2-3-6-11(10)9-18-13-8-4-7-12(16)14(13)17-15(18)19/h4,7-8,10-11H,2-3,5-6,9H2,1H3,(H,17,19). The molecule has 0 bridgehead atoms. The van der Waals surface area contributed by atoms with Crippen LogP contribution in [0.3, 0.4) is 0 Å². The first-order valence-electron chi connectivity index (χ1n) is 7.04. The van der Waals surface area contributed by atoms with Crippen molar-refractivity contribution in [1.82, 2.24) is 9.55 Å². The average Bonchev–Trinajstić information content (AvgIpc) is 2.71. The molecule has 1 fully saturated rings. The number of hydrogen-bond acceptors (Lipinski definition) is 1. The van der Waals surface area contributed by atoms with E-state index >= 15 is 0 Å². The quantitative estimate of drug-likeness (QED) is 0.757. The summed E-state index contributed by atoms with van der Waals surface area (Å²) >= 11 is 11.7. The molecule has 1 N–H and O–H groups in total. The summed E-state index contributed by atoms with van der Waals surface area (Å²) in [6.45, 7) is 3.38. The van der Waals surface area contributed by atoms with Crippen molar-refractivity contribution in [3.05, 3.63) is 28.0 Å². The molecule has 0 saturated heterocycles. The summed E-state index contributed by atoms with van der Waals surface area (Å²) in [5, 5.41) is 0.749. The van der Waals surface area contributed by atoms with Crippen molar-refractivity contribution in [1.29, 1.82) is 0 Å². The number of aromatic nitrogens is 2. The SMILES string of the molecule is CC1CCCCC1Cn1c(=S)[nH]c2c(Cl)cccc21. The molecule has 0 aliphatic heterocycles. The number of para-hydroxylation sites is 1. The van der Waals surface area contributed by atoms with E-state index in [0.717, 1.165) is 39.2 Å². The van der Waals surface area contributed by atoms with Crippen LogP contribution >= 0.6 is 23.8 Å². The molecule has 1 aromatic carbocycles. The summed E-state index contributed by atoms with van der Waals surface area (Å²) in [6.07, 6.45) is 5.39. The minimum absolute atomic E-state index is 0.735. The number of hydrogen-bond donors (Lipinski definition) is 1. The minimum Gasteiger partial charge on any atom is -0.329 e. The Kier molecular flexibility index (Phi) is 3.68. The zero-order valence-corrected chi connectivity index (χ0v) is 12.7. The molecular formula is C15H19ClN2S. The molecule has 1 aromatic heterocycles. The third-order valence-corrected chi connectivity index (χ3v) is 5.10. The Morgan fingerprint density at radius 2 is 2.16 bits per heavy atom. The van der Waals surface area contributed by atoms with Crippen LogP contribution in [-0.2, 0) is 6.54 Å². The van der Waals surface area contributed by atoms with Crippen LogP contribution in [0.4, 0.5) is 0 Å². The van der Waals surface area contributed by atoms with Gasteiger partial charge in [-0.2, -0.15) is 0 Å². The van der Waals surface area contributed by atoms with E-state index in [9.17, 15) is 0 Å². The molecular weight excluding hydrogens is 276 g/mol. The third-order valence-electron chi connectivity index (χ3n) is 4.47. The highest BCUT2D eigenvalue weighted by molar-refractivity contribution is 7.71. The summed E-state index contributed by atoms with van der Waals surface area (Å²) in [7, 11) is 0. The van der Waals surface area contributed by atoms with E-state index in [1.165, 1.54) is 25.7 Å². The first-order chi connectivity index (χ1) is 9.16. The fourth-order valence-electron chi connectivity index (χ4n) is 3.23. The summed E-state index contributed by atoms with van der Waals surface area (Å²) < 4.78 is 3.02. The van der Waals surface area contributed by atoms with Crippen LogP contribution in [0.1, 0.15) is 32.6 Å². The van der Waals surface area contributed by atoms with Crippen molar-refractivity contribution in [2.75, 3.05) is 0 Å². The lowest BCUT2D eigenvalue weighted by atomic mass is 9.80. The largest absolute Gasteiger partial charge is 0.329 e. The van der Waals surface area contributed by atoms with Crippen LogP contribution < -0.4 is 0 Å². The van der Waals surface area contributed by atoms with E-state index in [0.29, 0.717) is 0 Å². The van der Waals surface area contributed by atoms with Gasteiger partial charge in [-0.05, 0) is 42.6 Å². The molecule has 19 heavy (non-hydrogen) atoms. The first kappa shape index (κ1) is 13.2. The predicted octanol–water partition coefficient (Wildman–Crippen LogP) is 5.18. The summed E-state index contributed by atoms with van der Waals surface area (Å²) in [6, 6.07) is 6.00. The lowest BCUT2D eigenvalue weighted by Gasteiger charge is -2.29. The van der Waals surface area contributed by atoms with E-state index in [4.69, 9.17) is 23.8 Å². The maximum atomic E-state index is 6.22. The van der Waals surface area contributed by atoms with Gasteiger partial charge in [0, 0.05) is 6.54 Å². The predicted molar refractivity (Wildman–Crippen MR) is 83.3 cm³/mol. The van der Waals surface area contributed by atoms with Gasteiger partial charge >= 0.3 is 0 Å². The second-order valence-electron chi connectivity index (χ2n) is 5.70. The molecule has 2 aromatic rings. The van der Waals surface area contributed by atoms with Crippen LogP contribution in [0.5, 0.6) is 0 Å². The maximum Gasteiger partial charge on any atom is 0.178 e. The van der Waals surface area contributed by atoms with Crippen molar-refractivity contribution in [2.24, 2.45) is 11.8 Å². The van der Waals surface area contributed by atoms with E-state index in [1.807, 2.05) is 12.1 Å². The highest BCUT2D eigenvalue weighted by Gasteiger charge is 2.22.